The Balaban J connectivity index is 2.15. The third-order valence-electron chi connectivity index (χ3n) is 2.77. The lowest BCUT2D eigenvalue weighted by Crippen LogP contribution is -2.36. The molecule has 0 radical (unpaired) electrons. The zero-order valence-corrected chi connectivity index (χ0v) is 11.3. The van der Waals surface area contributed by atoms with Crippen LogP contribution in [-0.4, -0.2) is 32.8 Å². The van der Waals surface area contributed by atoms with E-state index in [4.69, 9.17) is 10.5 Å². The van der Waals surface area contributed by atoms with E-state index in [0.717, 1.165) is 30.8 Å². The summed E-state index contributed by atoms with van der Waals surface area (Å²) in [5, 5.41) is 0. The highest BCUT2D eigenvalue weighted by Crippen LogP contribution is 2.28. The molecule has 1 fully saturated rings. The van der Waals surface area contributed by atoms with Gasteiger partial charge in [-0.15, -0.1) is 0 Å². The van der Waals surface area contributed by atoms with Crippen LogP contribution in [0.3, 0.4) is 0 Å². The maximum absolute atomic E-state index is 5.44. The molecular formula is C13H17BrN2O. The molecule has 3 nitrogen and oxygen atoms in total. The topological polar surface area (TPSA) is 38.5 Å². The Labute approximate surface area is 110 Å². The number of halogens is 1. The quantitative estimate of drug-likeness (QED) is 0.930. The van der Waals surface area contributed by atoms with Gasteiger partial charge in [-0.05, 0) is 33.6 Å². The predicted octanol–water partition coefficient (Wildman–Crippen LogP) is 2.26. The molecule has 0 bridgehead atoms. The maximum atomic E-state index is 5.44. The zero-order chi connectivity index (χ0) is 12.1. The van der Waals surface area contributed by atoms with Crippen LogP contribution in [0.2, 0.25) is 0 Å². The molecular weight excluding hydrogens is 280 g/mol. The van der Waals surface area contributed by atoms with Gasteiger partial charge < -0.3 is 15.4 Å². The van der Waals surface area contributed by atoms with Gasteiger partial charge in [-0.3, -0.25) is 0 Å². The average molecular weight is 297 g/mol. The normalized spacial score (nSPS) is 16.7. The summed E-state index contributed by atoms with van der Waals surface area (Å²) in [5.74, 6) is 0. The van der Waals surface area contributed by atoms with Gasteiger partial charge in [0.1, 0.15) is 0 Å². The van der Waals surface area contributed by atoms with E-state index in [-0.39, 0.29) is 0 Å². The molecule has 0 amide bonds. The van der Waals surface area contributed by atoms with Crippen molar-refractivity contribution in [1.29, 1.82) is 0 Å². The number of nitrogens with zero attached hydrogens (tertiary/aromatic N) is 1. The van der Waals surface area contributed by atoms with Crippen LogP contribution in [0.15, 0.2) is 28.7 Å². The molecule has 1 heterocycles. The van der Waals surface area contributed by atoms with Crippen molar-refractivity contribution in [3.63, 3.8) is 0 Å². The van der Waals surface area contributed by atoms with Crippen LogP contribution in [0.25, 0.3) is 6.08 Å². The first-order chi connectivity index (χ1) is 8.31. The Kier molecular flexibility index (Phi) is 4.59. The van der Waals surface area contributed by atoms with Gasteiger partial charge in [-0.1, -0.05) is 18.2 Å². The fourth-order valence-corrected chi connectivity index (χ4v) is 2.54. The van der Waals surface area contributed by atoms with Gasteiger partial charge >= 0.3 is 0 Å². The second kappa shape index (κ2) is 6.19. The van der Waals surface area contributed by atoms with E-state index in [0.29, 0.717) is 6.54 Å². The van der Waals surface area contributed by atoms with Crippen molar-refractivity contribution in [1.82, 2.24) is 0 Å². The number of rotatable bonds is 3. The lowest BCUT2D eigenvalue weighted by atomic mass is 10.1. The highest BCUT2D eigenvalue weighted by atomic mass is 79.9. The Morgan fingerprint density at radius 1 is 1.35 bits per heavy atom. The van der Waals surface area contributed by atoms with Crippen LogP contribution in [0, 0.1) is 0 Å². The summed E-state index contributed by atoms with van der Waals surface area (Å²) in [5.41, 5.74) is 7.84. The van der Waals surface area contributed by atoms with Gasteiger partial charge in [0.05, 0.1) is 18.9 Å². The number of ether oxygens (including phenoxy) is 1. The molecule has 0 spiro atoms. The number of hydrogen-bond acceptors (Lipinski definition) is 3. The van der Waals surface area contributed by atoms with Crippen LogP contribution in [-0.2, 0) is 4.74 Å². The van der Waals surface area contributed by atoms with E-state index in [1.54, 1.807) is 0 Å². The predicted molar refractivity (Wildman–Crippen MR) is 75.3 cm³/mol. The van der Waals surface area contributed by atoms with Crippen LogP contribution in [0.1, 0.15) is 5.56 Å². The van der Waals surface area contributed by atoms with Crippen molar-refractivity contribution in [3.8, 4) is 0 Å². The first-order valence-corrected chi connectivity index (χ1v) is 6.59. The largest absolute Gasteiger partial charge is 0.378 e. The minimum atomic E-state index is 0.572. The van der Waals surface area contributed by atoms with E-state index in [9.17, 15) is 0 Å². The van der Waals surface area contributed by atoms with E-state index in [2.05, 4.69) is 39.0 Å². The molecule has 1 aromatic carbocycles. The second-order valence-electron chi connectivity index (χ2n) is 3.95. The van der Waals surface area contributed by atoms with Crippen molar-refractivity contribution < 1.29 is 4.74 Å². The number of benzene rings is 1. The fourth-order valence-electron chi connectivity index (χ4n) is 1.89. The molecule has 0 aromatic heterocycles. The lowest BCUT2D eigenvalue weighted by molar-refractivity contribution is 0.122. The highest BCUT2D eigenvalue weighted by Gasteiger charge is 2.13. The van der Waals surface area contributed by atoms with E-state index >= 15 is 0 Å². The second-order valence-corrected chi connectivity index (χ2v) is 4.80. The summed E-state index contributed by atoms with van der Waals surface area (Å²) >= 11 is 3.63. The average Bonchev–Trinajstić information content (AvgIpc) is 2.37. The van der Waals surface area contributed by atoms with Gasteiger partial charge in [-0.25, -0.2) is 0 Å². The number of nitrogens with two attached hydrogens (primary N) is 1. The minimum absolute atomic E-state index is 0.572. The van der Waals surface area contributed by atoms with Crippen LogP contribution < -0.4 is 10.6 Å². The highest BCUT2D eigenvalue weighted by molar-refractivity contribution is 9.10. The Hall–Kier alpha value is -0.840. The summed E-state index contributed by atoms with van der Waals surface area (Å²) in [4.78, 5) is 2.34. The maximum Gasteiger partial charge on any atom is 0.0642 e. The van der Waals surface area contributed by atoms with Crippen molar-refractivity contribution in [2.24, 2.45) is 5.73 Å². The van der Waals surface area contributed by atoms with E-state index in [1.165, 1.54) is 11.3 Å². The first-order valence-electron chi connectivity index (χ1n) is 5.80. The molecule has 1 aromatic rings. The molecule has 1 saturated heterocycles. The molecule has 1 aliphatic heterocycles. The summed E-state index contributed by atoms with van der Waals surface area (Å²) in [6.07, 6.45) is 3.99. The van der Waals surface area contributed by atoms with Gasteiger partial charge in [0.2, 0.25) is 0 Å². The monoisotopic (exact) mass is 296 g/mol. The fraction of sp³-hybridized carbons (Fsp3) is 0.385. The van der Waals surface area contributed by atoms with Crippen LogP contribution in [0.4, 0.5) is 5.69 Å². The Morgan fingerprint density at radius 3 is 2.76 bits per heavy atom. The molecule has 1 aliphatic rings. The molecule has 2 N–H and O–H groups in total. The molecule has 4 heteroatoms. The van der Waals surface area contributed by atoms with Gasteiger partial charge in [0.25, 0.3) is 0 Å². The zero-order valence-electron chi connectivity index (χ0n) is 9.73. The van der Waals surface area contributed by atoms with E-state index in [1.807, 2.05) is 12.2 Å². The van der Waals surface area contributed by atoms with Crippen molar-refractivity contribution in [2.45, 2.75) is 0 Å². The van der Waals surface area contributed by atoms with Crippen molar-refractivity contribution in [2.75, 3.05) is 37.7 Å². The molecule has 92 valence electrons. The molecule has 17 heavy (non-hydrogen) atoms. The van der Waals surface area contributed by atoms with Crippen LogP contribution >= 0.6 is 15.9 Å². The van der Waals surface area contributed by atoms with Crippen molar-refractivity contribution >= 4 is 27.7 Å². The minimum Gasteiger partial charge on any atom is -0.378 e. The summed E-state index contributed by atoms with van der Waals surface area (Å²) < 4.78 is 6.48. The molecule has 0 unspecified atom stereocenters. The van der Waals surface area contributed by atoms with Crippen LogP contribution in [0.5, 0.6) is 0 Å². The smallest absolute Gasteiger partial charge is 0.0642 e. The Morgan fingerprint density at radius 2 is 2.12 bits per heavy atom. The molecule has 0 saturated carbocycles. The number of hydrogen-bond donors (Lipinski definition) is 1. The van der Waals surface area contributed by atoms with Crippen molar-refractivity contribution in [3.05, 3.63) is 34.3 Å². The third-order valence-corrected chi connectivity index (χ3v) is 3.41. The third kappa shape index (κ3) is 3.31. The first kappa shape index (κ1) is 12.6. The molecule has 2 rings (SSSR count). The summed E-state index contributed by atoms with van der Waals surface area (Å²) in [7, 11) is 0. The van der Waals surface area contributed by atoms with E-state index < -0.39 is 0 Å². The summed E-state index contributed by atoms with van der Waals surface area (Å²) in [6, 6.07) is 6.38. The molecule has 0 aliphatic carbocycles. The standard InChI is InChI=1S/C13H17BrN2O/c14-12-10-11(2-1-5-15)3-4-13(12)16-6-8-17-9-7-16/h1-4,10H,5-9,15H2/b2-1+. The number of morpholine rings is 1. The van der Waals surface area contributed by atoms with Gasteiger partial charge in [0, 0.05) is 24.1 Å². The lowest BCUT2D eigenvalue weighted by Gasteiger charge is -2.29. The summed E-state index contributed by atoms with van der Waals surface area (Å²) in [6.45, 7) is 4.10. The number of anilines is 1. The molecule has 0 atom stereocenters. The van der Waals surface area contributed by atoms with Gasteiger partial charge in [-0.2, -0.15) is 0 Å². The van der Waals surface area contributed by atoms with Gasteiger partial charge in [0.15, 0.2) is 0 Å². The SMILES string of the molecule is NC/C=C/c1ccc(N2CCOCC2)c(Br)c1. The Bertz CT molecular complexity index is 400.